The van der Waals surface area contributed by atoms with E-state index < -0.39 is 5.82 Å². The number of aromatic nitrogens is 4. The van der Waals surface area contributed by atoms with Gasteiger partial charge in [-0.3, -0.25) is 9.48 Å². The number of benzene rings is 2. The highest BCUT2D eigenvalue weighted by atomic mass is 19.1. The van der Waals surface area contributed by atoms with Gasteiger partial charge < -0.3 is 14.3 Å². The van der Waals surface area contributed by atoms with Gasteiger partial charge in [-0.05, 0) is 48.7 Å². The number of carbonyl (C=O) groups excluding carboxylic acids is 1. The number of fused-ring (bicyclic) bond motifs is 1. The van der Waals surface area contributed by atoms with E-state index in [1.165, 1.54) is 18.6 Å². The van der Waals surface area contributed by atoms with Crippen LogP contribution in [-0.4, -0.2) is 56.9 Å². The Bertz CT molecular complexity index is 1320. The Labute approximate surface area is 189 Å². The third-order valence-corrected chi connectivity index (χ3v) is 6.64. The summed E-state index contributed by atoms with van der Waals surface area (Å²) in [6.45, 7) is 2.02. The zero-order valence-electron chi connectivity index (χ0n) is 18.0. The lowest BCUT2D eigenvalue weighted by Crippen LogP contribution is -2.49. The smallest absolute Gasteiger partial charge is 0.266 e. The second-order valence-corrected chi connectivity index (χ2v) is 8.61. The van der Waals surface area contributed by atoms with Gasteiger partial charge in [0.15, 0.2) is 0 Å². The van der Waals surface area contributed by atoms with Crippen molar-refractivity contribution in [2.45, 2.75) is 25.3 Å². The third kappa shape index (κ3) is 3.53. The number of halogens is 1. The first-order chi connectivity index (χ1) is 16.2. The summed E-state index contributed by atoms with van der Waals surface area (Å²) >= 11 is 0. The molecule has 0 radical (unpaired) electrons. The predicted molar refractivity (Wildman–Crippen MR) is 120 cm³/mol. The van der Waals surface area contributed by atoms with E-state index in [-0.39, 0.29) is 11.5 Å². The van der Waals surface area contributed by atoms with Crippen molar-refractivity contribution >= 4 is 22.8 Å². The summed E-state index contributed by atoms with van der Waals surface area (Å²) in [6.07, 6.45) is 5.48. The van der Waals surface area contributed by atoms with Gasteiger partial charge in [-0.2, -0.15) is 10.1 Å². The molecular formula is C24H23FN6O2. The fourth-order valence-electron chi connectivity index (χ4n) is 4.47. The van der Waals surface area contributed by atoms with E-state index in [0.717, 1.165) is 29.3 Å². The van der Waals surface area contributed by atoms with E-state index in [1.54, 1.807) is 17.0 Å². The Kier molecular flexibility index (Phi) is 4.82. The quantitative estimate of drug-likeness (QED) is 0.473. The number of rotatable bonds is 4. The molecule has 33 heavy (non-hydrogen) atoms. The number of carbonyl (C=O) groups is 1. The average molecular weight is 446 g/mol. The molecule has 4 aromatic rings. The van der Waals surface area contributed by atoms with Crippen molar-refractivity contribution in [3.8, 4) is 11.5 Å². The molecule has 1 aliphatic heterocycles. The Morgan fingerprint density at radius 3 is 2.64 bits per heavy atom. The Morgan fingerprint density at radius 1 is 1.06 bits per heavy atom. The molecule has 1 saturated carbocycles. The maximum absolute atomic E-state index is 14.0. The Hall–Kier alpha value is -3.75. The van der Waals surface area contributed by atoms with Crippen molar-refractivity contribution < 1.29 is 13.7 Å². The lowest BCUT2D eigenvalue weighted by molar-refractivity contribution is 0.0741. The standard InChI is InChI=1S/C24H23FN6O2/c25-20-7-2-1-6-19(20)23(32)29-10-12-30(13-11-29)24-27-22(33-28-24)16-8-9-17-15-26-31(21(17)14-16)18-4-3-5-18/h1-2,6-9,14-15,18H,3-5,10-13H2. The molecule has 2 fully saturated rings. The summed E-state index contributed by atoms with van der Waals surface area (Å²) in [7, 11) is 0. The van der Waals surface area contributed by atoms with Crippen LogP contribution in [0.25, 0.3) is 22.4 Å². The highest BCUT2D eigenvalue weighted by Crippen LogP contribution is 2.34. The zero-order chi connectivity index (χ0) is 22.4. The second-order valence-electron chi connectivity index (χ2n) is 8.61. The topological polar surface area (TPSA) is 80.3 Å². The molecule has 168 valence electrons. The molecule has 0 unspecified atom stereocenters. The molecule has 1 aliphatic carbocycles. The minimum absolute atomic E-state index is 0.101. The van der Waals surface area contributed by atoms with Crippen LogP contribution in [0.4, 0.5) is 10.3 Å². The molecule has 3 heterocycles. The van der Waals surface area contributed by atoms with Crippen molar-refractivity contribution in [1.29, 1.82) is 0 Å². The number of piperazine rings is 1. The van der Waals surface area contributed by atoms with Crippen LogP contribution in [0.3, 0.4) is 0 Å². The number of hydrogen-bond donors (Lipinski definition) is 0. The van der Waals surface area contributed by atoms with Gasteiger partial charge in [0.2, 0.25) is 0 Å². The summed E-state index contributed by atoms with van der Waals surface area (Å²) < 4.78 is 21.6. The molecule has 0 atom stereocenters. The predicted octanol–water partition coefficient (Wildman–Crippen LogP) is 3.91. The fraction of sp³-hybridized carbons (Fsp3) is 0.333. The Morgan fingerprint density at radius 2 is 1.88 bits per heavy atom. The van der Waals surface area contributed by atoms with Gasteiger partial charge in [-0.1, -0.05) is 18.2 Å². The maximum Gasteiger partial charge on any atom is 0.266 e. The molecular weight excluding hydrogens is 423 g/mol. The number of anilines is 1. The lowest BCUT2D eigenvalue weighted by atomic mass is 9.93. The first-order valence-electron chi connectivity index (χ1n) is 11.3. The van der Waals surface area contributed by atoms with E-state index in [4.69, 9.17) is 4.52 Å². The molecule has 0 spiro atoms. The molecule has 9 heteroatoms. The van der Waals surface area contributed by atoms with Crippen molar-refractivity contribution in [2.75, 3.05) is 31.1 Å². The van der Waals surface area contributed by atoms with Crippen molar-refractivity contribution in [1.82, 2.24) is 24.8 Å². The van der Waals surface area contributed by atoms with E-state index in [1.807, 2.05) is 23.2 Å². The molecule has 6 rings (SSSR count). The largest absolute Gasteiger partial charge is 0.335 e. The summed E-state index contributed by atoms with van der Waals surface area (Å²) in [6, 6.07) is 12.6. The van der Waals surface area contributed by atoms with Crippen LogP contribution >= 0.6 is 0 Å². The van der Waals surface area contributed by atoms with Crippen LogP contribution in [0.2, 0.25) is 0 Å². The van der Waals surface area contributed by atoms with E-state index in [2.05, 4.69) is 26.0 Å². The van der Waals surface area contributed by atoms with Crippen LogP contribution < -0.4 is 4.90 Å². The third-order valence-electron chi connectivity index (χ3n) is 6.64. The molecule has 8 nitrogen and oxygen atoms in total. The molecule has 1 saturated heterocycles. The normalized spacial score (nSPS) is 16.9. The van der Waals surface area contributed by atoms with Gasteiger partial charge in [0.05, 0.1) is 23.3 Å². The molecule has 1 amide bonds. The molecule has 2 aromatic carbocycles. The maximum atomic E-state index is 14.0. The molecule has 0 N–H and O–H groups in total. The average Bonchev–Trinajstić information content (AvgIpc) is 3.46. The summed E-state index contributed by atoms with van der Waals surface area (Å²) in [5.41, 5.74) is 2.04. The molecule has 0 bridgehead atoms. The minimum Gasteiger partial charge on any atom is -0.335 e. The summed E-state index contributed by atoms with van der Waals surface area (Å²) in [5, 5.41) is 9.83. The van der Waals surface area contributed by atoms with E-state index in [9.17, 15) is 9.18 Å². The lowest BCUT2D eigenvalue weighted by Gasteiger charge is -2.33. The van der Waals surface area contributed by atoms with Gasteiger partial charge in [-0.25, -0.2) is 4.39 Å². The van der Waals surface area contributed by atoms with Crippen molar-refractivity contribution in [2.24, 2.45) is 0 Å². The molecule has 2 aromatic heterocycles. The monoisotopic (exact) mass is 446 g/mol. The SMILES string of the molecule is O=C(c1ccccc1F)N1CCN(c2noc(-c3ccc4cnn(C5CCC5)c4c3)n2)CC1. The zero-order valence-corrected chi connectivity index (χ0v) is 18.0. The second kappa shape index (κ2) is 7.99. The van der Waals surface area contributed by atoms with Crippen LogP contribution in [0.1, 0.15) is 35.7 Å². The first-order valence-corrected chi connectivity index (χ1v) is 11.3. The minimum atomic E-state index is -0.497. The number of amides is 1. The number of hydrogen-bond acceptors (Lipinski definition) is 6. The van der Waals surface area contributed by atoms with Crippen molar-refractivity contribution in [3.63, 3.8) is 0 Å². The van der Waals surface area contributed by atoms with Crippen LogP contribution in [0.5, 0.6) is 0 Å². The fourth-order valence-corrected chi connectivity index (χ4v) is 4.47. The summed E-state index contributed by atoms with van der Waals surface area (Å²) in [4.78, 5) is 20.9. The van der Waals surface area contributed by atoms with Crippen LogP contribution in [-0.2, 0) is 0 Å². The highest BCUT2D eigenvalue weighted by molar-refractivity contribution is 5.94. The van der Waals surface area contributed by atoms with Gasteiger partial charge in [-0.15, -0.1) is 0 Å². The van der Waals surface area contributed by atoms with E-state index >= 15 is 0 Å². The van der Waals surface area contributed by atoms with Gasteiger partial charge >= 0.3 is 0 Å². The molecule has 2 aliphatic rings. The van der Waals surface area contributed by atoms with Crippen molar-refractivity contribution in [3.05, 3.63) is 60.0 Å². The van der Waals surface area contributed by atoms with Gasteiger partial charge in [0, 0.05) is 37.1 Å². The van der Waals surface area contributed by atoms with Crippen LogP contribution in [0, 0.1) is 5.82 Å². The van der Waals surface area contributed by atoms with Crippen LogP contribution in [0.15, 0.2) is 53.2 Å². The highest BCUT2D eigenvalue weighted by Gasteiger charge is 2.27. The number of nitrogens with zero attached hydrogens (tertiary/aromatic N) is 6. The van der Waals surface area contributed by atoms with Gasteiger partial charge in [0.25, 0.3) is 17.7 Å². The first kappa shape index (κ1) is 19.9. The Balaban J connectivity index is 1.16. The van der Waals surface area contributed by atoms with Gasteiger partial charge in [0.1, 0.15) is 5.82 Å². The van der Waals surface area contributed by atoms with E-state index in [0.29, 0.717) is 44.1 Å². The summed E-state index contributed by atoms with van der Waals surface area (Å²) in [5.74, 6) is 0.162.